The number of piperidine rings is 1. The molecule has 1 aromatic heterocycles. The maximum Gasteiger partial charge on any atom is 0.150 e. The fourth-order valence-corrected chi connectivity index (χ4v) is 4.07. The summed E-state index contributed by atoms with van der Waals surface area (Å²) in [6.45, 7) is 2.61. The molecule has 1 saturated heterocycles. The zero-order chi connectivity index (χ0) is 14.2. The fraction of sp³-hybridized carbons (Fsp3) is 0.467. The predicted molar refractivity (Wildman–Crippen MR) is 81.4 cm³/mol. The van der Waals surface area contributed by atoms with Crippen molar-refractivity contribution in [2.45, 2.75) is 24.6 Å². The van der Waals surface area contributed by atoms with E-state index < -0.39 is 9.84 Å². The Labute approximate surface area is 119 Å². The van der Waals surface area contributed by atoms with Crippen LogP contribution in [-0.4, -0.2) is 42.9 Å². The van der Waals surface area contributed by atoms with Crippen LogP contribution in [0.2, 0.25) is 0 Å². The molecule has 1 aliphatic heterocycles. The van der Waals surface area contributed by atoms with E-state index in [9.17, 15) is 8.42 Å². The normalized spacial score (nSPS) is 18.6. The first kappa shape index (κ1) is 13.6. The van der Waals surface area contributed by atoms with Crippen LogP contribution in [0.3, 0.4) is 0 Å². The maximum atomic E-state index is 11.6. The second-order valence-electron chi connectivity index (χ2n) is 5.66. The van der Waals surface area contributed by atoms with Gasteiger partial charge in [-0.05, 0) is 37.6 Å². The summed E-state index contributed by atoms with van der Waals surface area (Å²) in [4.78, 5) is 5.63. The lowest BCUT2D eigenvalue weighted by atomic mass is 10.1. The van der Waals surface area contributed by atoms with E-state index in [1.807, 2.05) is 6.07 Å². The quantitative estimate of drug-likeness (QED) is 0.943. The highest BCUT2D eigenvalue weighted by atomic mass is 32.2. The van der Waals surface area contributed by atoms with Gasteiger partial charge in [0.2, 0.25) is 0 Å². The summed E-state index contributed by atoms with van der Waals surface area (Å²) in [5.41, 5.74) is 2.45. The number of H-pyrrole nitrogens is 1. The molecule has 1 aliphatic rings. The van der Waals surface area contributed by atoms with Crippen molar-refractivity contribution in [3.05, 3.63) is 36.0 Å². The minimum Gasteiger partial charge on any atom is -0.361 e. The lowest BCUT2D eigenvalue weighted by molar-refractivity contribution is 0.223. The van der Waals surface area contributed by atoms with Crippen molar-refractivity contribution in [1.82, 2.24) is 9.88 Å². The van der Waals surface area contributed by atoms with Crippen LogP contribution in [0.15, 0.2) is 30.5 Å². The monoisotopic (exact) mass is 292 g/mol. The Morgan fingerprint density at radius 2 is 1.95 bits per heavy atom. The number of hydrogen-bond donors (Lipinski definition) is 1. The molecule has 0 unspecified atom stereocenters. The Morgan fingerprint density at radius 1 is 1.25 bits per heavy atom. The van der Waals surface area contributed by atoms with Crippen molar-refractivity contribution < 1.29 is 8.42 Å². The lowest BCUT2D eigenvalue weighted by Crippen LogP contribution is -2.38. The SMILES string of the molecule is CS(=O)(=O)C1CCN(Cc2c[nH]c3ccccc23)CC1. The Kier molecular flexibility index (Phi) is 3.56. The molecular formula is C15H20N2O2S. The molecule has 0 spiro atoms. The molecule has 1 aromatic carbocycles. The van der Waals surface area contributed by atoms with Gasteiger partial charge in [-0.1, -0.05) is 18.2 Å². The van der Waals surface area contributed by atoms with Gasteiger partial charge in [0.05, 0.1) is 5.25 Å². The van der Waals surface area contributed by atoms with Gasteiger partial charge in [-0.25, -0.2) is 8.42 Å². The van der Waals surface area contributed by atoms with E-state index in [4.69, 9.17) is 0 Å². The van der Waals surface area contributed by atoms with Gasteiger partial charge in [-0.3, -0.25) is 4.90 Å². The van der Waals surface area contributed by atoms with E-state index in [0.717, 1.165) is 38.0 Å². The summed E-state index contributed by atoms with van der Waals surface area (Å²) in [6, 6.07) is 8.29. The maximum absolute atomic E-state index is 11.6. The minimum atomic E-state index is -2.88. The molecule has 0 aliphatic carbocycles. The number of nitrogens with one attached hydrogen (secondary N) is 1. The topological polar surface area (TPSA) is 53.2 Å². The second-order valence-corrected chi connectivity index (χ2v) is 7.99. The number of para-hydroxylation sites is 1. The molecule has 20 heavy (non-hydrogen) atoms. The van der Waals surface area contributed by atoms with E-state index in [1.54, 1.807) is 0 Å². The first-order valence-corrected chi connectivity index (χ1v) is 8.96. The molecule has 2 aromatic rings. The fourth-order valence-electron chi connectivity index (χ4n) is 3.00. The molecule has 108 valence electrons. The number of nitrogens with zero attached hydrogens (tertiary/aromatic N) is 1. The molecule has 5 heteroatoms. The smallest absolute Gasteiger partial charge is 0.150 e. The summed E-state index contributed by atoms with van der Waals surface area (Å²) in [5, 5.41) is 1.11. The standard InChI is InChI=1S/C15H20N2O2S/c1-20(18,19)13-6-8-17(9-7-13)11-12-10-16-15-5-3-2-4-14(12)15/h2-5,10,13,16H,6-9,11H2,1H3. The van der Waals surface area contributed by atoms with Gasteiger partial charge in [0.15, 0.2) is 0 Å². The molecule has 3 rings (SSSR count). The van der Waals surface area contributed by atoms with Crippen molar-refractivity contribution in [2.24, 2.45) is 0 Å². The van der Waals surface area contributed by atoms with Crippen molar-refractivity contribution in [3.8, 4) is 0 Å². The number of sulfone groups is 1. The zero-order valence-electron chi connectivity index (χ0n) is 11.7. The number of aromatic nitrogens is 1. The van der Waals surface area contributed by atoms with Crippen molar-refractivity contribution >= 4 is 20.7 Å². The third-order valence-corrected chi connectivity index (χ3v) is 5.89. The molecule has 0 atom stereocenters. The van der Waals surface area contributed by atoms with Gasteiger partial charge in [0.1, 0.15) is 9.84 Å². The number of likely N-dealkylation sites (tertiary alicyclic amines) is 1. The van der Waals surface area contributed by atoms with Gasteiger partial charge in [0.25, 0.3) is 0 Å². The number of benzene rings is 1. The first-order valence-electron chi connectivity index (χ1n) is 7.00. The Morgan fingerprint density at radius 3 is 2.65 bits per heavy atom. The van der Waals surface area contributed by atoms with Gasteiger partial charge >= 0.3 is 0 Å². The zero-order valence-corrected chi connectivity index (χ0v) is 12.5. The van der Waals surface area contributed by atoms with Crippen molar-refractivity contribution in [2.75, 3.05) is 19.3 Å². The Balaban J connectivity index is 1.68. The number of hydrogen-bond acceptors (Lipinski definition) is 3. The van der Waals surface area contributed by atoms with E-state index in [1.165, 1.54) is 17.2 Å². The highest BCUT2D eigenvalue weighted by Gasteiger charge is 2.26. The van der Waals surface area contributed by atoms with Gasteiger partial charge in [-0.2, -0.15) is 0 Å². The van der Waals surface area contributed by atoms with Crippen LogP contribution in [0, 0.1) is 0 Å². The Hall–Kier alpha value is -1.33. The summed E-state index contributed by atoms with van der Waals surface area (Å²) >= 11 is 0. The molecule has 0 saturated carbocycles. The molecule has 0 radical (unpaired) electrons. The molecule has 0 amide bonds. The second kappa shape index (κ2) is 5.22. The molecule has 1 N–H and O–H groups in total. The number of fused-ring (bicyclic) bond motifs is 1. The third kappa shape index (κ3) is 2.74. The summed E-state index contributed by atoms with van der Waals surface area (Å²) in [7, 11) is -2.88. The largest absolute Gasteiger partial charge is 0.361 e. The van der Waals surface area contributed by atoms with Crippen LogP contribution in [0.5, 0.6) is 0 Å². The molecule has 1 fully saturated rings. The van der Waals surface area contributed by atoms with Gasteiger partial charge < -0.3 is 4.98 Å². The Bertz CT molecular complexity index is 697. The average Bonchev–Trinajstić information content (AvgIpc) is 2.82. The van der Waals surface area contributed by atoms with E-state index in [0.29, 0.717) is 0 Å². The van der Waals surface area contributed by atoms with E-state index in [-0.39, 0.29) is 5.25 Å². The number of rotatable bonds is 3. The molecule has 0 bridgehead atoms. The van der Waals surface area contributed by atoms with Crippen molar-refractivity contribution in [1.29, 1.82) is 0 Å². The number of aromatic amines is 1. The molecule has 2 heterocycles. The highest BCUT2D eigenvalue weighted by Crippen LogP contribution is 2.22. The third-order valence-electron chi connectivity index (χ3n) is 4.21. The summed E-state index contributed by atoms with van der Waals surface area (Å²) in [6.07, 6.45) is 4.92. The lowest BCUT2D eigenvalue weighted by Gasteiger charge is -2.30. The van der Waals surface area contributed by atoms with Crippen molar-refractivity contribution in [3.63, 3.8) is 0 Å². The van der Waals surface area contributed by atoms with Crippen LogP contribution < -0.4 is 0 Å². The van der Waals surface area contributed by atoms with Crippen LogP contribution >= 0.6 is 0 Å². The van der Waals surface area contributed by atoms with Crippen LogP contribution in [-0.2, 0) is 16.4 Å². The van der Waals surface area contributed by atoms with Gasteiger partial charge in [-0.15, -0.1) is 0 Å². The molecular weight excluding hydrogens is 272 g/mol. The van der Waals surface area contributed by atoms with Crippen LogP contribution in [0.4, 0.5) is 0 Å². The summed E-state index contributed by atoms with van der Waals surface area (Å²) < 4.78 is 23.1. The minimum absolute atomic E-state index is 0.151. The summed E-state index contributed by atoms with van der Waals surface area (Å²) in [5.74, 6) is 0. The van der Waals surface area contributed by atoms with Crippen LogP contribution in [0.1, 0.15) is 18.4 Å². The highest BCUT2D eigenvalue weighted by molar-refractivity contribution is 7.91. The van der Waals surface area contributed by atoms with Gasteiger partial charge in [0, 0.05) is 29.9 Å². The van der Waals surface area contributed by atoms with E-state index >= 15 is 0 Å². The first-order chi connectivity index (χ1) is 9.54. The molecule has 4 nitrogen and oxygen atoms in total. The van der Waals surface area contributed by atoms with E-state index in [2.05, 4.69) is 34.3 Å². The average molecular weight is 292 g/mol. The predicted octanol–water partition coefficient (Wildman–Crippen LogP) is 2.18. The van der Waals surface area contributed by atoms with Crippen LogP contribution in [0.25, 0.3) is 10.9 Å².